The van der Waals surface area contributed by atoms with E-state index >= 15 is 0 Å². The molecule has 4 heteroatoms. The van der Waals surface area contributed by atoms with Crippen LogP contribution in [-0.2, 0) is 0 Å². The van der Waals surface area contributed by atoms with Gasteiger partial charge in [-0.1, -0.05) is 18.2 Å². The number of imidazole rings is 1. The highest BCUT2D eigenvalue weighted by atomic mass is 15.1. The van der Waals surface area contributed by atoms with Crippen molar-refractivity contribution in [1.29, 1.82) is 0 Å². The molecule has 0 saturated heterocycles. The van der Waals surface area contributed by atoms with Crippen LogP contribution in [0.1, 0.15) is 0 Å². The molecular formula is C11H9N4+. The zero-order chi connectivity index (χ0) is 10.1. The van der Waals surface area contributed by atoms with E-state index < -0.39 is 0 Å². The number of hydrogen-bond donors (Lipinski definition) is 1. The topological polar surface area (TPSA) is 45.5 Å². The first-order valence-electron chi connectivity index (χ1n) is 4.69. The van der Waals surface area contributed by atoms with Gasteiger partial charge in [0, 0.05) is 0 Å². The molecule has 0 bridgehead atoms. The summed E-state index contributed by atoms with van der Waals surface area (Å²) in [7, 11) is 0. The molecule has 72 valence electrons. The number of H-pyrrole nitrogens is 1. The second-order valence-electron chi connectivity index (χ2n) is 3.24. The smallest absolute Gasteiger partial charge is 0.240 e. The van der Waals surface area contributed by atoms with Gasteiger partial charge < -0.3 is 0 Å². The maximum absolute atomic E-state index is 4.14. The van der Waals surface area contributed by atoms with Crippen molar-refractivity contribution >= 4 is 11.2 Å². The van der Waals surface area contributed by atoms with E-state index in [9.17, 15) is 0 Å². The molecule has 3 aromatic rings. The summed E-state index contributed by atoms with van der Waals surface area (Å²) in [6.07, 6.45) is 5.22. The number of fused-ring (bicyclic) bond motifs is 1. The second-order valence-corrected chi connectivity index (χ2v) is 3.24. The highest BCUT2D eigenvalue weighted by Gasteiger charge is 2.11. The Labute approximate surface area is 86.2 Å². The monoisotopic (exact) mass is 197 g/mol. The molecule has 0 amide bonds. The van der Waals surface area contributed by atoms with Crippen molar-refractivity contribution in [3.63, 3.8) is 0 Å². The van der Waals surface area contributed by atoms with Crippen LogP contribution in [0.5, 0.6) is 0 Å². The zero-order valence-electron chi connectivity index (χ0n) is 7.96. The van der Waals surface area contributed by atoms with Gasteiger partial charge in [-0.3, -0.25) is 0 Å². The molecule has 15 heavy (non-hydrogen) atoms. The van der Waals surface area contributed by atoms with Gasteiger partial charge in [0.1, 0.15) is 12.0 Å². The molecule has 0 fully saturated rings. The molecule has 0 saturated carbocycles. The Morgan fingerprint density at radius 3 is 2.87 bits per heavy atom. The van der Waals surface area contributed by atoms with Gasteiger partial charge in [0.05, 0.1) is 6.20 Å². The lowest BCUT2D eigenvalue weighted by molar-refractivity contribution is -0.567. The third-order valence-electron chi connectivity index (χ3n) is 2.32. The third-order valence-corrected chi connectivity index (χ3v) is 2.32. The van der Waals surface area contributed by atoms with Crippen LogP contribution in [0.25, 0.3) is 16.9 Å². The number of aromatic amines is 1. The van der Waals surface area contributed by atoms with Gasteiger partial charge in [-0.25, -0.2) is 9.97 Å². The van der Waals surface area contributed by atoms with E-state index in [0.717, 1.165) is 16.9 Å². The molecule has 0 aliphatic heterocycles. The summed E-state index contributed by atoms with van der Waals surface area (Å²) in [5.74, 6) is 0. The number of nitrogens with one attached hydrogen (secondary N) is 1. The Balaban J connectivity index is 2.28. The van der Waals surface area contributed by atoms with Crippen LogP contribution in [0.4, 0.5) is 0 Å². The molecule has 0 aliphatic rings. The fourth-order valence-electron chi connectivity index (χ4n) is 1.61. The second kappa shape index (κ2) is 3.16. The minimum atomic E-state index is 0.842. The van der Waals surface area contributed by atoms with Crippen molar-refractivity contribution in [1.82, 2.24) is 15.0 Å². The lowest BCUT2D eigenvalue weighted by atomic mass is 10.3. The molecule has 1 N–H and O–H groups in total. The molecular weight excluding hydrogens is 188 g/mol. The highest BCUT2D eigenvalue weighted by Crippen LogP contribution is 2.05. The third kappa shape index (κ3) is 1.27. The van der Waals surface area contributed by atoms with Crippen LogP contribution in [0.3, 0.4) is 0 Å². The number of benzene rings is 1. The van der Waals surface area contributed by atoms with Gasteiger partial charge in [0.2, 0.25) is 11.8 Å². The average Bonchev–Trinajstić information content (AvgIpc) is 2.74. The summed E-state index contributed by atoms with van der Waals surface area (Å²) in [5.41, 5.74) is 2.91. The van der Waals surface area contributed by atoms with E-state index in [1.807, 2.05) is 41.2 Å². The van der Waals surface area contributed by atoms with Crippen LogP contribution in [0, 0.1) is 0 Å². The van der Waals surface area contributed by atoms with Crippen LogP contribution >= 0.6 is 0 Å². The number of aromatic nitrogens is 4. The maximum Gasteiger partial charge on any atom is 0.269 e. The van der Waals surface area contributed by atoms with Crippen molar-refractivity contribution < 1.29 is 4.57 Å². The van der Waals surface area contributed by atoms with Gasteiger partial charge in [0.25, 0.3) is 5.65 Å². The molecule has 3 rings (SSSR count). The van der Waals surface area contributed by atoms with Crippen molar-refractivity contribution in [3.05, 3.63) is 49.2 Å². The first-order chi connectivity index (χ1) is 7.45. The van der Waals surface area contributed by atoms with Crippen molar-refractivity contribution in [2.45, 2.75) is 0 Å². The summed E-state index contributed by atoms with van der Waals surface area (Å²) in [4.78, 5) is 11.3. The van der Waals surface area contributed by atoms with Crippen molar-refractivity contribution in [2.24, 2.45) is 0 Å². The predicted molar refractivity (Wildman–Crippen MR) is 55.4 cm³/mol. The molecule has 4 nitrogen and oxygen atoms in total. The van der Waals surface area contributed by atoms with E-state index in [4.69, 9.17) is 0 Å². The molecule has 0 atom stereocenters. The summed E-state index contributed by atoms with van der Waals surface area (Å²) in [5, 5.41) is 0. The van der Waals surface area contributed by atoms with Crippen LogP contribution in [0.2, 0.25) is 0 Å². The summed E-state index contributed by atoms with van der Waals surface area (Å²) in [6, 6.07) is 10.1. The Hall–Kier alpha value is -2.23. The van der Waals surface area contributed by atoms with Crippen LogP contribution in [-0.4, -0.2) is 15.0 Å². The maximum atomic E-state index is 4.14. The van der Waals surface area contributed by atoms with E-state index in [1.54, 1.807) is 6.20 Å². The first-order valence-corrected chi connectivity index (χ1v) is 4.69. The van der Waals surface area contributed by atoms with Gasteiger partial charge in [-0.15, -0.1) is 0 Å². The van der Waals surface area contributed by atoms with Crippen molar-refractivity contribution in [3.8, 4) is 5.69 Å². The largest absolute Gasteiger partial charge is 0.269 e. The molecule has 1 aromatic carbocycles. The van der Waals surface area contributed by atoms with E-state index in [1.165, 1.54) is 6.33 Å². The molecule has 0 radical (unpaired) electrons. The van der Waals surface area contributed by atoms with Gasteiger partial charge in [-0.05, 0) is 12.1 Å². The minimum Gasteiger partial charge on any atom is -0.240 e. The van der Waals surface area contributed by atoms with Crippen LogP contribution in [0.15, 0.2) is 49.2 Å². The first kappa shape index (κ1) is 8.11. The minimum absolute atomic E-state index is 0.842. The van der Waals surface area contributed by atoms with E-state index in [0.29, 0.717) is 0 Å². The summed E-state index contributed by atoms with van der Waals surface area (Å²) in [6.45, 7) is 0. The normalized spacial score (nSPS) is 10.7. The molecule has 0 spiro atoms. The predicted octanol–water partition coefficient (Wildman–Crippen LogP) is 1.23. The van der Waals surface area contributed by atoms with Crippen molar-refractivity contribution in [2.75, 3.05) is 0 Å². The fraction of sp³-hybridized carbons (Fsp3) is 0. The molecule has 2 heterocycles. The number of para-hydroxylation sites is 1. The molecule has 0 unspecified atom stereocenters. The van der Waals surface area contributed by atoms with E-state index in [2.05, 4.69) is 15.0 Å². The summed E-state index contributed by atoms with van der Waals surface area (Å²) >= 11 is 0. The highest BCUT2D eigenvalue weighted by molar-refractivity contribution is 5.64. The van der Waals surface area contributed by atoms with Gasteiger partial charge in [-0.2, -0.15) is 9.55 Å². The standard InChI is InChI=1S/C11H8N4/c1-2-4-9(5-3-1)15-8-14-11-10(15)6-12-7-13-11/h1-8H/p+1. The number of rotatable bonds is 1. The zero-order valence-corrected chi connectivity index (χ0v) is 7.96. The van der Waals surface area contributed by atoms with Gasteiger partial charge >= 0.3 is 0 Å². The van der Waals surface area contributed by atoms with E-state index in [-0.39, 0.29) is 0 Å². The van der Waals surface area contributed by atoms with Gasteiger partial charge in [0.15, 0.2) is 0 Å². The Morgan fingerprint density at radius 1 is 1.13 bits per heavy atom. The Morgan fingerprint density at radius 2 is 2.00 bits per heavy atom. The van der Waals surface area contributed by atoms with Crippen LogP contribution < -0.4 is 4.57 Å². The quantitative estimate of drug-likeness (QED) is 0.596. The Bertz CT molecular complexity index is 586. The fourth-order valence-corrected chi connectivity index (χ4v) is 1.61. The Kier molecular flexibility index (Phi) is 1.71. The summed E-state index contributed by atoms with van der Waals surface area (Å²) < 4.78 is 2.02. The lowest BCUT2D eigenvalue weighted by Crippen LogP contribution is -2.28. The SMILES string of the molecule is c1ccc(-[n+]2c[nH]c3ncncc32)cc1. The number of hydrogen-bond acceptors (Lipinski definition) is 2. The lowest BCUT2D eigenvalue weighted by Gasteiger charge is -1.94. The number of nitrogens with zero attached hydrogens (tertiary/aromatic N) is 3. The molecule has 0 aliphatic carbocycles. The molecule has 2 aromatic heterocycles. The average molecular weight is 197 g/mol.